The van der Waals surface area contributed by atoms with Crippen molar-refractivity contribution in [2.75, 3.05) is 14.2 Å². The predicted molar refractivity (Wildman–Crippen MR) is 130 cm³/mol. The molecule has 0 aliphatic carbocycles. The zero-order valence-corrected chi connectivity index (χ0v) is 20.4. The van der Waals surface area contributed by atoms with Gasteiger partial charge in [0.05, 0.1) is 39.9 Å². The maximum atomic E-state index is 13.0. The summed E-state index contributed by atoms with van der Waals surface area (Å²) >= 11 is 1.91. The lowest BCUT2D eigenvalue weighted by atomic mass is 10.0. The Labute approximate surface area is 211 Å². The largest absolute Gasteiger partial charge is 0.497 e. The van der Waals surface area contributed by atoms with E-state index < -0.39 is 22.4 Å². The molecule has 0 amide bonds. The van der Waals surface area contributed by atoms with Crippen LogP contribution in [-0.2, 0) is 6.18 Å². The summed E-state index contributed by atoms with van der Waals surface area (Å²) in [5, 5.41) is 21.0. The quantitative estimate of drug-likeness (QED) is 0.0951. The predicted octanol–water partition coefficient (Wildman–Crippen LogP) is 7.09. The van der Waals surface area contributed by atoms with Crippen LogP contribution in [0.3, 0.4) is 0 Å². The number of hydrogen-bond acceptors (Lipinski definition) is 6. The zero-order valence-electron chi connectivity index (χ0n) is 18.2. The first-order valence-corrected chi connectivity index (χ1v) is 10.8. The van der Waals surface area contributed by atoms with E-state index in [1.165, 1.54) is 14.2 Å². The van der Waals surface area contributed by atoms with Gasteiger partial charge in [-0.2, -0.15) is 18.4 Å². The maximum Gasteiger partial charge on any atom is 0.416 e. The van der Waals surface area contributed by atoms with E-state index in [2.05, 4.69) is 6.07 Å². The highest BCUT2D eigenvalue weighted by molar-refractivity contribution is 14.1. The molecule has 0 heterocycles. The number of hydrogen-bond donors (Lipinski definition) is 0. The van der Waals surface area contributed by atoms with E-state index in [1.54, 1.807) is 42.5 Å². The molecular weight excluding hydrogens is 580 g/mol. The summed E-state index contributed by atoms with van der Waals surface area (Å²) in [5.41, 5.74) is -0.414. The molecular formula is C24H16F3IN2O5. The highest BCUT2D eigenvalue weighted by atomic mass is 127. The highest BCUT2D eigenvalue weighted by Crippen LogP contribution is 2.42. The van der Waals surface area contributed by atoms with Crippen LogP contribution in [0, 0.1) is 25.0 Å². The van der Waals surface area contributed by atoms with E-state index in [0.29, 0.717) is 38.2 Å². The zero-order chi connectivity index (χ0) is 25.8. The third-order valence-electron chi connectivity index (χ3n) is 4.78. The Morgan fingerprint density at radius 3 is 2.29 bits per heavy atom. The van der Waals surface area contributed by atoms with Crippen molar-refractivity contribution < 1.29 is 32.3 Å². The van der Waals surface area contributed by atoms with Gasteiger partial charge in [-0.15, -0.1) is 0 Å². The van der Waals surface area contributed by atoms with Crippen LogP contribution in [0.4, 0.5) is 18.9 Å². The SMILES string of the molecule is COc1ccc(/C(C#N)=C/c2cc(I)c(Oc3ccc(C(F)(F)F)cc3[N+](=O)[O-])c(OC)c2)cc1. The number of alkyl halides is 3. The summed E-state index contributed by atoms with van der Waals surface area (Å²) in [7, 11) is 2.88. The minimum Gasteiger partial charge on any atom is -0.497 e. The molecule has 0 aliphatic heterocycles. The summed E-state index contributed by atoms with van der Waals surface area (Å²) in [6.07, 6.45) is -3.12. The Hall–Kier alpha value is -3.79. The molecule has 0 atom stereocenters. The summed E-state index contributed by atoms with van der Waals surface area (Å²) in [6, 6.07) is 14.2. The monoisotopic (exact) mass is 596 g/mol. The number of ether oxygens (including phenoxy) is 3. The van der Waals surface area contributed by atoms with Crippen LogP contribution in [0.5, 0.6) is 23.0 Å². The molecule has 0 N–H and O–H groups in total. The second-order valence-electron chi connectivity index (χ2n) is 6.97. The van der Waals surface area contributed by atoms with E-state index >= 15 is 0 Å². The van der Waals surface area contributed by atoms with Crippen molar-refractivity contribution in [2.24, 2.45) is 0 Å². The van der Waals surface area contributed by atoms with Gasteiger partial charge in [0.1, 0.15) is 5.75 Å². The van der Waals surface area contributed by atoms with Gasteiger partial charge in [-0.05, 0) is 88.3 Å². The van der Waals surface area contributed by atoms with Crippen LogP contribution in [0.1, 0.15) is 16.7 Å². The lowest BCUT2D eigenvalue weighted by Crippen LogP contribution is -2.06. The molecule has 3 rings (SSSR count). The van der Waals surface area contributed by atoms with Crippen molar-refractivity contribution in [3.63, 3.8) is 0 Å². The number of nitro groups is 1. The van der Waals surface area contributed by atoms with Crippen LogP contribution in [0.25, 0.3) is 11.6 Å². The number of nitro benzene ring substituents is 1. The van der Waals surface area contributed by atoms with E-state index in [1.807, 2.05) is 22.6 Å². The van der Waals surface area contributed by atoms with Gasteiger partial charge in [-0.3, -0.25) is 10.1 Å². The second kappa shape index (κ2) is 10.6. The average Bonchev–Trinajstić information content (AvgIpc) is 2.83. The molecule has 0 unspecified atom stereocenters. The van der Waals surface area contributed by atoms with Crippen LogP contribution in [-0.4, -0.2) is 19.1 Å². The van der Waals surface area contributed by atoms with Crippen LogP contribution < -0.4 is 14.2 Å². The van der Waals surface area contributed by atoms with E-state index in [9.17, 15) is 28.5 Å². The Bertz CT molecular complexity index is 1330. The Kier molecular flexibility index (Phi) is 7.85. The lowest BCUT2D eigenvalue weighted by molar-refractivity contribution is -0.385. The minimum atomic E-state index is -4.74. The molecule has 35 heavy (non-hydrogen) atoms. The van der Waals surface area contributed by atoms with Crippen LogP contribution in [0.15, 0.2) is 54.6 Å². The van der Waals surface area contributed by atoms with Crippen LogP contribution >= 0.6 is 22.6 Å². The normalized spacial score (nSPS) is 11.5. The van der Waals surface area contributed by atoms with Gasteiger partial charge in [0.25, 0.3) is 0 Å². The standard InChI is InChI=1S/C24H16F3IN2O5/c1-33-18-6-3-15(4-7-18)16(13-29)9-14-10-19(28)23(22(11-14)34-2)35-21-8-5-17(24(25,26)27)12-20(21)30(31)32/h3-12H,1-2H3/b16-9+. The maximum absolute atomic E-state index is 13.0. The van der Waals surface area contributed by atoms with Crippen molar-refractivity contribution in [3.05, 3.63) is 85.0 Å². The van der Waals surface area contributed by atoms with Gasteiger partial charge in [0.15, 0.2) is 11.5 Å². The lowest BCUT2D eigenvalue weighted by Gasteiger charge is -2.14. The van der Waals surface area contributed by atoms with Crippen LogP contribution in [0.2, 0.25) is 0 Å². The van der Waals surface area contributed by atoms with Crippen molar-refractivity contribution in [2.45, 2.75) is 6.18 Å². The summed E-state index contributed by atoms with van der Waals surface area (Å²) in [5.74, 6) is 0.514. The molecule has 0 saturated heterocycles. The van der Waals surface area contributed by atoms with Gasteiger partial charge < -0.3 is 14.2 Å². The van der Waals surface area contributed by atoms with Crippen molar-refractivity contribution in [1.82, 2.24) is 0 Å². The number of methoxy groups -OCH3 is 2. The van der Waals surface area contributed by atoms with Crippen molar-refractivity contribution in [3.8, 4) is 29.1 Å². The Morgan fingerprint density at radius 2 is 1.74 bits per heavy atom. The fourth-order valence-corrected chi connectivity index (χ4v) is 3.81. The Balaban J connectivity index is 2.01. The summed E-state index contributed by atoms with van der Waals surface area (Å²) < 4.78 is 55.6. The molecule has 0 spiro atoms. The number of benzene rings is 3. The number of rotatable bonds is 7. The molecule has 0 bridgehead atoms. The third kappa shape index (κ3) is 6.02. The number of nitrogens with zero attached hydrogens (tertiary/aromatic N) is 2. The molecule has 0 fully saturated rings. The third-order valence-corrected chi connectivity index (χ3v) is 5.58. The van der Waals surface area contributed by atoms with Gasteiger partial charge in [-0.1, -0.05) is 0 Å². The van der Waals surface area contributed by atoms with E-state index in [-0.39, 0.29) is 17.2 Å². The highest BCUT2D eigenvalue weighted by Gasteiger charge is 2.33. The first kappa shape index (κ1) is 25.8. The minimum absolute atomic E-state index is 0.0797. The first-order valence-electron chi connectivity index (χ1n) is 9.74. The van der Waals surface area contributed by atoms with Gasteiger partial charge >= 0.3 is 11.9 Å². The first-order chi connectivity index (χ1) is 16.6. The topological polar surface area (TPSA) is 94.6 Å². The molecule has 3 aromatic rings. The summed E-state index contributed by atoms with van der Waals surface area (Å²) in [4.78, 5) is 10.4. The molecule has 0 aromatic heterocycles. The Morgan fingerprint density at radius 1 is 1.06 bits per heavy atom. The molecule has 0 aliphatic rings. The van der Waals surface area contributed by atoms with Crippen molar-refractivity contribution in [1.29, 1.82) is 5.26 Å². The van der Waals surface area contributed by atoms with Gasteiger partial charge in [0, 0.05) is 6.07 Å². The molecule has 7 nitrogen and oxygen atoms in total. The number of halogens is 4. The fraction of sp³-hybridized carbons (Fsp3) is 0.125. The number of nitriles is 1. The molecule has 3 aromatic carbocycles. The second-order valence-corrected chi connectivity index (χ2v) is 8.13. The van der Waals surface area contributed by atoms with E-state index in [0.717, 1.165) is 6.07 Å². The average molecular weight is 596 g/mol. The molecule has 180 valence electrons. The van der Waals surface area contributed by atoms with Crippen molar-refractivity contribution >= 4 is 39.9 Å². The van der Waals surface area contributed by atoms with E-state index in [4.69, 9.17) is 14.2 Å². The fourth-order valence-electron chi connectivity index (χ4n) is 3.07. The number of allylic oxidation sites excluding steroid dienone is 1. The van der Waals surface area contributed by atoms with Gasteiger partial charge in [-0.25, -0.2) is 0 Å². The summed E-state index contributed by atoms with van der Waals surface area (Å²) in [6.45, 7) is 0. The molecule has 0 radical (unpaired) electrons. The molecule has 0 saturated carbocycles. The molecule has 11 heteroatoms. The smallest absolute Gasteiger partial charge is 0.416 e. The van der Waals surface area contributed by atoms with Gasteiger partial charge in [0.2, 0.25) is 5.75 Å².